The first kappa shape index (κ1) is 20.4. The van der Waals surface area contributed by atoms with E-state index in [1.165, 1.54) is 19.3 Å². The third-order valence-corrected chi connectivity index (χ3v) is 5.85. The van der Waals surface area contributed by atoms with Gasteiger partial charge in [-0.2, -0.15) is 9.29 Å². The standard InChI is InChI=1S/C17H23N5O5S/c1-10(2)9-25-12(4)16-19-15(26-21-16)8-22(5)28(23,24)13-6-14-11(3)20-27-17(14)18-7-13/h6-7,10,12H,8-9H2,1-5H3. The van der Waals surface area contributed by atoms with Gasteiger partial charge >= 0.3 is 0 Å². The fraction of sp³-hybridized carbons (Fsp3) is 0.529. The largest absolute Gasteiger partial charge is 0.370 e. The van der Waals surface area contributed by atoms with E-state index in [2.05, 4.69) is 20.3 Å². The van der Waals surface area contributed by atoms with Crippen molar-refractivity contribution in [1.82, 2.24) is 24.6 Å². The van der Waals surface area contributed by atoms with Crippen molar-refractivity contribution in [3.05, 3.63) is 29.7 Å². The van der Waals surface area contributed by atoms with Crippen molar-refractivity contribution in [2.24, 2.45) is 5.92 Å². The summed E-state index contributed by atoms with van der Waals surface area (Å²) in [7, 11) is -2.38. The number of ether oxygens (including phenoxy) is 1. The molecule has 1 atom stereocenters. The summed E-state index contributed by atoms with van der Waals surface area (Å²) in [5.41, 5.74) is 0.857. The number of fused-ring (bicyclic) bond motifs is 1. The van der Waals surface area contributed by atoms with Crippen LogP contribution in [0.5, 0.6) is 0 Å². The molecule has 1 unspecified atom stereocenters. The lowest BCUT2D eigenvalue weighted by Gasteiger charge is -2.14. The van der Waals surface area contributed by atoms with E-state index in [1.54, 1.807) is 6.92 Å². The van der Waals surface area contributed by atoms with Crippen LogP contribution in [0.1, 0.15) is 44.3 Å². The molecule has 10 nitrogen and oxygen atoms in total. The Morgan fingerprint density at radius 2 is 1.96 bits per heavy atom. The van der Waals surface area contributed by atoms with Crippen LogP contribution in [0.3, 0.4) is 0 Å². The average Bonchev–Trinajstić information content (AvgIpc) is 3.26. The van der Waals surface area contributed by atoms with Crippen LogP contribution >= 0.6 is 0 Å². The summed E-state index contributed by atoms with van der Waals surface area (Å²) in [6.45, 7) is 8.11. The van der Waals surface area contributed by atoms with E-state index in [1.807, 2.05) is 20.8 Å². The number of nitrogens with zero attached hydrogens (tertiary/aromatic N) is 5. The van der Waals surface area contributed by atoms with Gasteiger partial charge in [-0.25, -0.2) is 13.4 Å². The molecule has 0 N–H and O–H groups in total. The maximum absolute atomic E-state index is 12.9. The van der Waals surface area contributed by atoms with Crippen molar-refractivity contribution in [3.63, 3.8) is 0 Å². The van der Waals surface area contributed by atoms with E-state index < -0.39 is 10.0 Å². The van der Waals surface area contributed by atoms with Gasteiger partial charge in [0.25, 0.3) is 5.71 Å². The smallest absolute Gasteiger partial charge is 0.257 e. The molecule has 0 bridgehead atoms. The Morgan fingerprint density at radius 1 is 1.21 bits per heavy atom. The number of aromatic nitrogens is 4. The molecule has 3 aromatic rings. The van der Waals surface area contributed by atoms with Crippen molar-refractivity contribution < 1.29 is 22.2 Å². The van der Waals surface area contributed by atoms with Crippen LogP contribution in [0.15, 0.2) is 26.2 Å². The highest BCUT2D eigenvalue weighted by Crippen LogP contribution is 2.23. The van der Waals surface area contributed by atoms with E-state index >= 15 is 0 Å². The fourth-order valence-electron chi connectivity index (χ4n) is 2.43. The van der Waals surface area contributed by atoms with Gasteiger partial charge in [0.05, 0.1) is 23.8 Å². The van der Waals surface area contributed by atoms with Crippen molar-refractivity contribution in [2.45, 2.75) is 45.2 Å². The van der Waals surface area contributed by atoms with E-state index in [0.717, 1.165) is 4.31 Å². The number of rotatable bonds is 8. The molecule has 0 radical (unpaired) electrons. The second-order valence-corrected chi connectivity index (χ2v) is 9.01. The molecule has 0 aliphatic carbocycles. The Labute approximate surface area is 162 Å². The first-order valence-electron chi connectivity index (χ1n) is 8.81. The summed E-state index contributed by atoms with van der Waals surface area (Å²) in [4.78, 5) is 8.29. The quantitative estimate of drug-likeness (QED) is 0.551. The molecule has 28 heavy (non-hydrogen) atoms. The SMILES string of the molecule is Cc1noc2ncc(S(=O)(=O)N(C)Cc3nc(C(C)OCC(C)C)no3)cc12. The monoisotopic (exact) mass is 409 g/mol. The van der Waals surface area contributed by atoms with E-state index in [-0.39, 0.29) is 29.1 Å². The molecule has 0 saturated carbocycles. The maximum Gasteiger partial charge on any atom is 0.257 e. The Hall–Kier alpha value is -2.37. The highest BCUT2D eigenvalue weighted by Gasteiger charge is 2.25. The average molecular weight is 409 g/mol. The first-order chi connectivity index (χ1) is 13.2. The lowest BCUT2D eigenvalue weighted by atomic mass is 10.2. The highest BCUT2D eigenvalue weighted by atomic mass is 32.2. The lowest BCUT2D eigenvalue weighted by Crippen LogP contribution is -2.26. The number of hydrogen-bond donors (Lipinski definition) is 0. The number of hydrogen-bond acceptors (Lipinski definition) is 9. The van der Waals surface area contributed by atoms with Gasteiger partial charge in [-0.05, 0) is 25.8 Å². The number of sulfonamides is 1. The van der Waals surface area contributed by atoms with Gasteiger partial charge in [0.1, 0.15) is 11.0 Å². The third-order valence-electron chi connectivity index (χ3n) is 4.08. The molecule has 3 aromatic heterocycles. The Bertz CT molecular complexity index is 1060. The minimum absolute atomic E-state index is 0.0298. The van der Waals surface area contributed by atoms with Gasteiger partial charge in [0, 0.05) is 13.7 Å². The van der Waals surface area contributed by atoms with E-state index in [0.29, 0.717) is 29.4 Å². The Kier molecular flexibility index (Phi) is 5.77. The molecule has 0 fully saturated rings. The molecule has 0 aromatic carbocycles. The van der Waals surface area contributed by atoms with Crippen LogP contribution in [-0.4, -0.2) is 46.7 Å². The van der Waals surface area contributed by atoms with E-state index in [9.17, 15) is 8.42 Å². The topological polar surface area (TPSA) is 124 Å². The minimum Gasteiger partial charge on any atom is -0.370 e. The number of aryl methyl sites for hydroxylation is 1. The summed E-state index contributed by atoms with van der Waals surface area (Å²) < 4.78 is 42.7. The maximum atomic E-state index is 12.9. The summed E-state index contributed by atoms with van der Waals surface area (Å²) in [6, 6.07) is 1.49. The summed E-state index contributed by atoms with van der Waals surface area (Å²) in [5.74, 6) is 0.936. The van der Waals surface area contributed by atoms with Crippen LogP contribution in [0.25, 0.3) is 11.1 Å². The molecule has 3 heterocycles. The molecule has 152 valence electrons. The molecule has 11 heteroatoms. The van der Waals surface area contributed by atoms with Crippen molar-refractivity contribution in [2.75, 3.05) is 13.7 Å². The summed E-state index contributed by atoms with van der Waals surface area (Å²) >= 11 is 0. The zero-order valence-electron chi connectivity index (χ0n) is 16.4. The highest BCUT2D eigenvalue weighted by molar-refractivity contribution is 7.89. The van der Waals surface area contributed by atoms with Gasteiger partial charge < -0.3 is 13.8 Å². The minimum atomic E-state index is -3.81. The first-order valence-corrected chi connectivity index (χ1v) is 10.2. The van der Waals surface area contributed by atoms with Crippen LogP contribution in [0.4, 0.5) is 0 Å². The van der Waals surface area contributed by atoms with Crippen LogP contribution < -0.4 is 0 Å². The van der Waals surface area contributed by atoms with Gasteiger partial charge in [0.15, 0.2) is 5.82 Å². The molecule has 0 aliphatic rings. The lowest BCUT2D eigenvalue weighted by molar-refractivity contribution is 0.0402. The predicted octanol–water partition coefficient (Wildman–Crippen LogP) is 2.47. The molecular formula is C17H23N5O5S. The normalized spacial score (nSPS) is 13.7. The molecule has 0 spiro atoms. The molecule has 0 saturated heterocycles. The van der Waals surface area contributed by atoms with Crippen LogP contribution in [0.2, 0.25) is 0 Å². The van der Waals surface area contributed by atoms with E-state index in [4.69, 9.17) is 13.8 Å². The van der Waals surface area contributed by atoms with Gasteiger partial charge in [-0.1, -0.05) is 24.2 Å². The van der Waals surface area contributed by atoms with Crippen molar-refractivity contribution >= 4 is 21.1 Å². The second kappa shape index (κ2) is 7.94. The van der Waals surface area contributed by atoms with Crippen LogP contribution in [0, 0.1) is 12.8 Å². The van der Waals surface area contributed by atoms with Crippen molar-refractivity contribution in [3.8, 4) is 0 Å². The summed E-state index contributed by atoms with van der Waals surface area (Å²) in [6.07, 6.45) is 0.893. The predicted molar refractivity (Wildman–Crippen MR) is 98.7 cm³/mol. The molecule has 0 amide bonds. The zero-order chi connectivity index (χ0) is 20.5. The van der Waals surface area contributed by atoms with Gasteiger partial charge in [-0.15, -0.1) is 0 Å². The molecule has 0 aliphatic heterocycles. The molecule has 3 rings (SSSR count). The van der Waals surface area contributed by atoms with Gasteiger partial charge in [0.2, 0.25) is 15.9 Å². The third kappa shape index (κ3) is 4.21. The zero-order valence-corrected chi connectivity index (χ0v) is 17.2. The summed E-state index contributed by atoms with van der Waals surface area (Å²) in [5, 5.41) is 8.21. The second-order valence-electron chi connectivity index (χ2n) is 6.97. The Balaban J connectivity index is 1.74. The molecular weight excluding hydrogens is 386 g/mol. The number of pyridine rings is 1. The fourth-order valence-corrected chi connectivity index (χ4v) is 3.52. The van der Waals surface area contributed by atoms with Crippen molar-refractivity contribution in [1.29, 1.82) is 0 Å². The van der Waals surface area contributed by atoms with Crippen LogP contribution in [-0.2, 0) is 21.3 Å². The Morgan fingerprint density at radius 3 is 2.68 bits per heavy atom. The van der Waals surface area contributed by atoms with Gasteiger partial charge in [-0.3, -0.25) is 0 Å².